The molecule has 0 unspecified atom stereocenters. The largest absolute Gasteiger partial charge is 0.354 e. The van der Waals surface area contributed by atoms with Crippen LogP contribution in [0.5, 0.6) is 0 Å². The van der Waals surface area contributed by atoms with Crippen LogP contribution < -0.4 is 9.62 Å². The van der Waals surface area contributed by atoms with Crippen molar-refractivity contribution in [3.05, 3.63) is 66.0 Å². The summed E-state index contributed by atoms with van der Waals surface area (Å²) in [5, 5.41) is 2.93. The number of anilines is 1. The number of nitrogens with one attached hydrogen (secondary N) is 1. The Bertz CT molecular complexity index is 1080. The molecule has 0 spiro atoms. The maximum absolute atomic E-state index is 14.3. The Labute approximate surface area is 214 Å². The van der Waals surface area contributed by atoms with Crippen LogP contribution >= 0.6 is 0 Å². The first-order valence-corrected chi connectivity index (χ1v) is 14.4. The average Bonchev–Trinajstić information content (AvgIpc) is 2.85. The van der Waals surface area contributed by atoms with E-state index in [2.05, 4.69) is 5.32 Å². The van der Waals surface area contributed by atoms with Crippen molar-refractivity contribution in [2.75, 3.05) is 30.2 Å². The molecule has 0 radical (unpaired) electrons. The number of rotatable bonds is 15. The number of amides is 2. The second kappa shape index (κ2) is 14.6. The van der Waals surface area contributed by atoms with Crippen molar-refractivity contribution in [3.8, 4) is 0 Å². The molecule has 1 atom stereocenters. The molecule has 2 rings (SSSR count). The summed E-state index contributed by atoms with van der Waals surface area (Å²) >= 11 is 0. The maximum Gasteiger partial charge on any atom is 0.242 e. The third-order valence-corrected chi connectivity index (χ3v) is 7.15. The van der Waals surface area contributed by atoms with Gasteiger partial charge in [0.15, 0.2) is 0 Å². The number of benzene rings is 2. The molecule has 0 aliphatic heterocycles. The molecule has 7 nitrogen and oxygen atoms in total. The smallest absolute Gasteiger partial charge is 0.242 e. The molecule has 0 fully saturated rings. The van der Waals surface area contributed by atoms with Gasteiger partial charge in [-0.1, -0.05) is 62.7 Å². The van der Waals surface area contributed by atoms with Gasteiger partial charge in [0.2, 0.25) is 21.8 Å². The summed E-state index contributed by atoms with van der Waals surface area (Å²) in [6.45, 7) is 4.79. The molecule has 1 N–H and O–H groups in total. The van der Waals surface area contributed by atoms with E-state index in [1.165, 1.54) is 18.2 Å². The van der Waals surface area contributed by atoms with Crippen LogP contribution in [0.1, 0.15) is 51.5 Å². The number of hydrogen-bond acceptors (Lipinski definition) is 4. The van der Waals surface area contributed by atoms with Gasteiger partial charge >= 0.3 is 0 Å². The molecule has 0 bridgehead atoms. The SMILES string of the molecule is CCCCNC(=O)[C@@H](CC)N(CCc1ccccc1)C(=O)CCCN(c1ccccc1F)S(C)(=O)=O. The van der Waals surface area contributed by atoms with E-state index in [4.69, 9.17) is 0 Å². The third-order valence-electron chi connectivity index (χ3n) is 5.97. The van der Waals surface area contributed by atoms with Crippen LogP contribution in [-0.4, -0.2) is 57.1 Å². The molecule has 0 heterocycles. The van der Waals surface area contributed by atoms with E-state index in [-0.39, 0.29) is 36.9 Å². The molecule has 0 aliphatic carbocycles. The van der Waals surface area contributed by atoms with Gasteiger partial charge in [0, 0.05) is 26.1 Å². The van der Waals surface area contributed by atoms with Crippen molar-refractivity contribution in [1.29, 1.82) is 0 Å². The quantitative estimate of drug-likeness (QED) is 0.359. The van der Waals surface area contributed by atoms with Gasteiger partial charge in [-0.05, 0) is 43.4 Å². The van der Waals surface area contributed by atoms with Gasteiger partial charge in [-0.25, -0.2) is 12.8 Å². The lowest BCUT2D eigenvalue weighted by Crippen LogP contribution is -2.50. The highest BCUT2D eigenvalue weighted by atomic mass is 32.2. The summed E-state index contributed by atoms with van der Waals surface area (Å²) in [7, 11) is -3.75. The zero-order valence-corrected chi connectivity index (χ0v) is 22.3. The Morgan fingerprint density at radius 3 is 2.25 bits per heavy atom. The topological polar surface area (TPSA) is 86.8 Å². The number of para-hydroxylation sites is 1. The van der Waals surface area contributed by atoms with E-state index in [0.29, 0.717) is 25.9 Å². The summed E-state index contributed by atoms with van der Waals surface area (Å²) in [6, 6.07) is 14.8. The zero-order chi connectivity index (χ0) is 26.6. The number of nitrogens with zero attached hydrogens (tertiary/aromatic N) is 2. The average molecular weight is 520 g/mol. The highest BCUT2D eigenvalue weighted by molar-refractivity contribution is 7.92. The zero-order valence-electron chi connectivity index (χ0n) is 21.5. The fourth-order valence-corrected chi connectivity index (χ4v) is 5.00. The first-order chi connectivity index (χ1) is 17.2. The Hall–Kier alpha value is -2.94. The van der Waals surface area contributed by atoms with Crippen LogP contribution in [0.3, 0.4) is 0 Å². The van der Waals surface area contributed by atoms with Crippen LogP contribution in [0.2, 0.25) is 0 Å². The highest BCUT2D eigenvalue weighted by Gasteiger charge is 2.28. The lowest BCUT2D eigenvalue weighted by atomic mass is 10.1. The van der Waals surface area contributed by atoms with E-state index in [1.54, 1.807) is 11.0 Å². The Balaban J connectivity index is 2.14. The minimum atomic E-state index is -3.75. The molecule has 0 aromatic heterocycles. The molecule has 0 aliphatic rings. The summed E-state index contributed by atoms with van der Waals surface area (Å²) in [5.41, 5.74) is 1.01. The second-order valence-corrected chi connectivity index (χ2v) is 10.7. The molecule has 0 saturated heterocycles. The monoisotopic (exact) mass is 519 g/mol. The van der Waals surface area contributed by atoms with E-state index in [9.17, 15) is 22.4 Å². The number of unbranched alkanes of at least 4 members (excludes halogenated alkanes) is 1. The molecule has 2 aromatic rings. The fourth-order valence-electron chi connectivity index (χ4n) is 4.04. The number of carbonyl (C=O) groups excluding carboxylic acids is 2. The van der Waals surface area contributed by atoms with Gasteiger partial charge in [-0.2, -0.15) is 0 Å². The minimum Gasteiger partial charge on any atom is -0.354 e. The summed E-state index contributed by atoms with van der Waals surface area (Å²) in [5.74, 6) is -1.06. The van der Waals surface area contributed by atoms with Crippen molar-refractivity contribution >= 4 is 27.5 Å². The van der Waals surface area contributed by atoms with Crippen LogP contribution in [0.4, 0.5) is 10.1 Å². The minimum absolute atomic E-state index is 0.0357. The summed E-state index contributed by atoms with van der Waals surface area (Å²) < 4.78 is 39.9. The van der Waals surface area contributed by atoms with Gasteiger partial charge in [-0.15, -0.1) is 0 Å². The normalized spacial score (nSPS) is 12.1. The fraction of sp³-hybridized carbons (Fsp3) is 0.481. The molecule has 2 amide bonds. The standard InChI is InChI=1S/C27H38FN3O4S/c1-4-6-19-29-27(33)24(5-2)30(21-18-22-13-8-7-9-14-22)26(32)17-12-20-31(36(3,34)35)25-16-11-10-15-23(25)28/h7-11,13-16,24H,4-6,12,17-21H2,1-3H3,(H,29,33)/t24-/m1/s1. The van der Waals surface area contributed by atoms with Gasteiger partial charge in [-0.3, -0.25) is 13.9 Å². The van der Waals surface area contributed by atoms with Crippen molar-refractivity contribution in [3.63, 3.8) is 0 Å². The van der Waals surface area contributed by atoms with Crippen molar-refractivity contribution in [1.82, 2.24) is 10.2 Å². The molecular weight excluding hydrogens is 481 g/mol. The molecular formula is C27H38FN3O4S. The second-order valence-electron chi connectivity index (χ2n) is 8.78. The van der Waals surface area contributed by atoms with Crippen LogP contribution in [-0.2, 0) is 26.0 Å². The van der Waals surface area contributed by atoms with Gasteiger partial charge in [0.25, 0.3) is 0 Å². The van der Waals surface area contributed by atoms with E-state index in [1.807, 2.05) is 44.2 Å². The Morgan fingerprint density at radius 1 is 0.972 bits per heavy atom. The number of carbonyl (C=O) groups is 2. The van der Waals surface area contributed by atoms with E-state index in [0.717, 1.165) is 29.0 Å². The first-order valence-electron chi connectivity index (χ1n) is 12.5. The molecule has 9 heteroatoms. The van der Waals surface area contributed by atoms with E-state index >= 15 is 0 Å². The third kappa shape index (κ3) is 8.93. The van der Waals surface area contributed by atoms with Crippen LogP contribution in [0.25, 0.3) is 0 Å². The predicted molar refractivity (Wildman–Crippen MR) is 142 cm³/mol. The summed E-state index contributed by atoms with van der Waals surface area (Å²) in [4.78, 5) is 27.8. The lowest BCUT2D eigenvalue weighted by Gasteiger charge is -2.31. The highest BCUT2D eigenvalue weighted by Crippen LogP contribution is 2.22. The maximum atomic E-state index is 14.3. The van der Waals surface area contributed by atoms with Crippen LogP contribution in [0, 0.1) is 5.82 Å². The lowest BCUT2D eigenvalue weighted by molar-refractivity contribution is -0.140. The Kier molecular flexibility index (Phi) is 11.9. The molecule has 198 valence electrons. The molecule has 2 aromatic carbocycles. The van der Waals surface area contributed by atoms with Crippen molar-refractivity contribution in [2.45, 2.75) is 58.4 Å². The molecule has 0 saturated carbocycles. The van der Waals surface area contributed by atoms with Crippen molar-refractivity contribution < 1.29 is 22.4 Å². The number of halogens is 1. The van der Waals surface area contributed by atoms with Crippen LogP contribution in [0.15, 0.2) is 54.6 Å². The van der Waals surface area contributed by atoms with Gasteiger partial charge in [0.05, 0.1) is 11.9 Å². The Morgan fingerprint density at radius 2 is 1.64 bits per heavy atom. The van der Waals surface area contributed by atoms with Crippen molar-refractivity contribution in [2.24, 2.45) is 0 Å². The van der Waals surface area contributed by atoms with Gasteiger partial charge < -0.3 is 10.2 Å². The summed E-state index contributed by atoms with van der Waals surface area (Å²) in [6.07, 6.45) is 4.11. The van der Waals surface area contributed by atoms with Gasteiger partial charge in [0.1, 0.15) is 11.9 Å². The molecule has 36 heavy (non-hydrogen) atoms. The van der Waals surface area contributed by atoms with E-state index < -0.39 is 21.9 Å². The number of sulfonamides is 1. The predicted octanol–water partition coefficient (Wildman–Crippen LogP) is 4.14. The number of hydrogen-bond donors (Lipinski definition) is 1. The first kappa shape index (κ1) is 29.3.